The summed E-state index contributed by atoms with van der Waals surface area (Å²) in [5, 5.41) is 2.69. The summed E-state index contributed by atoms with van der Waals surface area (Å²) in [7, 11) is 0. The molecule has 0 amide bonds. The van der Waals surface area contributed by atoms with Crippen molar-refractivity contribution in [3.63, 3.8) is 0 Å². The maximum Gasteiger partial charge on any atom is 0.183 e. The maximum absolute atomic E-state index is 13.7. The van der Waals surface area contributed by atoms with Gasteiger partial charge in [0.15, 0.2) is 16.1 Å². The first kappa shape index (κ1) is 14.0. The number of anilines is 1. The van der Waals surface area contributed by atoms with Gasteiger partial charge in [0.1, 0.15) is 11.4 Å². The number of hydrogen-bond acceptors (Lipinski definition) is 4. The fourth-order valence-electron chi connectivity index (χ4n) is 1.51. The minimum absolute atomic E-state index is 0.170. The second kappa shape index (κ2) is 6.16. The Labute approximate surface area is 118 Å². The Bertz CT molecular complexity index is 554. The Morgan fingerprint density at radius 3 is 2.58 bits per heavy atom. The van der Waals surface area contributed by atoms with E-state index < -0.39 is 11.6 Å². The van der Waals surface area contributed by atoms with Gasteiger partial charge in [-0.05, 0) is 6.92 Å². The average molecular weight is 305 g/mol. The molecule has 1 aromatic heterocycles. The summed E-state index contributed by atoms with van der Waals surface area (Å²) < 4.78 is 32.9. The smallest absolute Gasteiger partial charge is 0.183 e. The molecule has 0 saturated carbocycles. The highest BCUT2D eigenvalue weighted by molar-refractivity contribution is 7.15. The molecule has 0 aliphatic rings. The number of ether oxygens (including phenoxy) is 1. The van der Waals surface area contributed by atoms with Crippen LogP contribution in [0.25, 0.3) is 0 Å². The van der Waals surface area contributed by atoms with Crippen LogP contribution in [-0.4, -0.2) is 11.6 Å². The van der Waals surface area contributed by atoms with Crippen molar-refractivity contribution >= 4 is 28.6 Å². The zero-order valence-corrected chi connectivity index (χ0v) is 11.6. The molecule has 0 spiro atoms. The first-order chi connectivity index (χ1) is 9.10. The fraction of sp³-hybridized carbons (Fsp3) is 0.250. The number of aromatic nitrogens is 1. The average Bonchev–Trinajstić information content (AvgIpc) is 2.74. The van der Waals surface area contributed by atoms with Crippen LogP contribution in [0.1, 0.15) is 11.8 Å². The largest absolute Gasteiger partial charge is 0.494 e. The summed E-state index contributed by atoms with van der Waals surface area (Å²) in [4.78, 5) is 4.64. The molecule has 2 rings (SSSR count). The highest BCUT2D eigenvalue weighted by Crippen LogP contribution is 2.26. The standard InChI is InChI=1S/C12H11ClF2N2OS/c1-2-18-7-3-9(14)11(10(15)4-7)16-5-8-6-17-12(13)19-8/h3-4,6,16H,2,5H2,1H3. The van der Waals surface area contributed by atoms with E-state index in [1.165, 1.54) is 11.3 Å². The third-order valence-electron chi connectivity index (χ3n) is 2.29. The van der Waals surface area contributed by atoms with E-state index in [1.54, 1.807) is 13.1 Å². The van der Waals surface area contributed by atoms with E-state index in [-0.39, 0.29) is 18.0 Å². The van der Waals surface area contributed by atoms with E-state index in [0.717, 1.165) is 17.0 Å². The molecule has 1 heterocycles. The summed E-state index contributed by atoms with van der Waals surface area (Å²) in [6.45, 7) is 2.35. The van der Waals surface area contributed by atoms with E-state index in [2.05, 4.69) is 10.3 Å². The number of thiazole rings is 1. The zero-order chi connectivity index (χ0) is 13.8. The number of nitrogens with zero attached hydrogens (tertiary/aromatic N) is 1. The van der Waals surface area contributed by atoms with Gasteiger partial charge in [0.25, 0.3) is 0 Å². The van der Waals surface area contributed by atoms with Crippen molar-refractivity contribution in [2.24, 2.45) is 0 Å². The van der Waals surface area contributed by atoms with Crippen molar-refractivity contribution in [3.05, 3.63) is 39.3 Å². The number of benzene rings is 1. The van der Waals surface area contributed by atoms with E-state index in [4.69, 9.17) is 16.3 Å². The van der Waals surface area contributed by atoms with Crippen LogP contribution in [0.2, 0.25) is 4.47 Å². The minimum Gasteiger partial charge on any atom is -0.494 e. The van der Waals surface area contributed by atoms with Crippen molar-refractivity contribution in [1.82, 2.24) is 4.98 Å². The van der Waals surface area contributed by atoms with E-state index in [0.29, 0.717) is 11.1 Å². The third kappa shape index (κ3) is 3.54. The van der Waals surface area contributed by atoms with Gasteiger partial charge in [0, 0.05) is 23.2 Å². The number of hydrogen-bond donors (Lipinski definition) is 1. The van der Waals surface area contributed by atoms with Gasteiger partial charge in [-0.1, -0.05) is 11.6 Å². The normalized spacial score (nSPS) is 10.5. The zero-order valence-electron chi connectivity index (χ0n) is 10.0. The molecule has 3 nitrogen and oxygen atoms in total. The highest BCUT2D eigenvalue weighted by Gasteiger charge is 2.12. The predicted molar refractivity (Wildman–Crippen MR) is 72.0 cm³/mol. The molecule has 0 saturated heterocycles. The molecule has 102 valence electrons. The molecule has 0 fully saturated rings. The summed E-state index contributed by atoms with van der Waals surface area (Å²) >= 11 is 6.93. The molecule has 2 aromatic rings. The molecule has 1 aromatic carbocycles. The molecular weight excluding hydrogens is 294 g/mol. The predicted octanol–water partition coefficient (Wildman–Crippen LogP) is 4.09. The van der Waals surface area contributed by atoms with Crippen LogP contribution < -0.4 is 10.1 Å². The second-order valence-corrected chi connectivity index (χ2v) is 5.33. The molecule has 1 N–H and O–H groups in total. The van der Waals surface area contributed by atoms with Crippen LogP contribution in [-0.2, 0) is 6.54 Å². The Morgan fingerprint density at radius 1 is 1.37 bits per heavy atom. The Morgan fingerprint density at radius 2 is 2.05 bits per heavy atom. The maximum atomic E-state index is 13.7. The van der Waals surface area contributed by atoms with Crippen LogP contribution >= 0.6 is 22.9 Å². The van der Waals surface area contributed by atoms with E-state index in [9.17, 15) is 8.78 Å². The SMILES string of the molecule is CCOc1cc(F)c(NCc2cnc(Cl)s2)c(F)c1. The topological polar surface area (TPSA) is 34.1 Å². The second-order valence-electron chi connectivity index (χ2n) is 3.63. The first-order valence-corrected chi connectivity index (χ1v) is 6.75. The van der Waals surface area contributed by atoms with Crippen LogP contribution in [0.5, 0.6) is 5.75 Å². The summed E-state index contributed by atoms with van der Waals surface area (Å²) in [6, 6.07) is 2.29. The van der Waals surface area contributed by atoms with Gasteiger partial charge >= 0.3 is 0 Å². The molecular formula is C12H11ClF2N2OS. The van der Waals surface area contributed by atoms with Gasteiger partial charge in [-0.3, -0.25) is 0 Å². The lowest BCUT2D eigenvalue weighted by Crippen LogP contribution is -2.04. The van der Waals surface area contributed by atoms with Crippen LogP contribution in [0.3, 0.4) is 0 Å². The monoisotopic (exact) mass is 304 g/mol. The van der Waals surface area contributed by atoms with Crippen LogP contribution in [0.15, 0.2) is 18.3 Å². The van der Waals surface area contributed by atoms with Crippen molar-refractivity contribution in [2.75, 3.05) is 11.9 Å². The van der Waals surface area contributed by atoms with Gasteiger partial charge in [0.2, 0.25) is 0 Å². The van der Waals surface area contributed by atoms with Gasteiger partial charge in [-0.2, -0.15) is 0 Å². The molecule has 0 radical (unpaired) electrons. The lowest BCUT2D eigenvalue weighted by molar-refractivity contribution is 0.336. The Hall–Kier alpha value is -1.40. The quantitative estimate of drug-likeness (QED) is 0.903. The van der Waals surface area contributed by atoms with Crippen molar-refractivity contribution in [2.45, 2.75) is 13.5 Å². The van der Waals surface area contributed by atoms with E-state index >= 15 is 0 Å². The molecule has 7 heteroatoms. The first-order valence-electron chi connectivity index (χ1n) is 5.56. The van der Waals surface area contributed by atoms with Gasteiger partial charge in [-0.25, -0.2) is 13.8 Å². The number of nitrogens with one attached hydrogen (secondary N) is 1. The van der Waals surface area contributed by atoms with Gasteiger partial charge < -0.3 is 10.1 Å². The van der Waals surface area contributed by atoms with E-state index in [1.807, 2.05) is 0 Å². The molecule has 0 aliphatic carbocycles. The Kier molecular flexibility index (Phi) is 4.55. The molecule has 19 heavy (non-hydrogen) atoms. The summed E-state index contributed by atoms with van der Waals surface area (Å²) in [6.07, 6.45) is 1.56. The van der Waals surface area contributed by atoms with Crippen molar-refractivity contribution in [3.8, 4) is 5.75 Å². The Balaban J connectivity index is 2.11. The lowest BCUT2D eigenvalue weighted by atomic mass is 10.2. The molecule has 0 aliphatic heterocycles. The minimum atomic E-state index is -0.695. The number of halogens is 3. The third-order valence-corrected chi connectivity index (χ3v) is 3.41. The molecule has 0 unspecified atom stereocenters. The van der Waals surface area contributed by atoms with Gasteiger partial charge in [-0.15, -0.1) is 11.3 Å². The van der Waals surface area contributed by atoms with Gasteiger partial charge in [0.05, 0.1) is 13.2 Å². The van der Waals surface area contributed by atoms with Crippen molar-refractivity contribution in [1.29, 1.82) is 0 Å². The summed E-state index contributed by atoms with van der Waals surface area (Å²) in [5.41, 5.74) is -0.187. The lowest BCUT2D eigenvalue weighted by Gasteiger charge is -2.10. The molecule has 0 atom stereocenters. The fourth-order valence-corrected chi connectivity index (χ4v) is 2.43. The van der Waals surface area contributed by atoms with Crippen LogP contribution in [0.4, 0.5) is 14.5 Å². The molecule has 0 bridgehead atoms. The summed E-state index contributed by atoms with van der Waals surface area (Å²) in [5.74, 6) is -1.22. The van der Waals surface area contributed by atoms with Crippen LogP contribution in [0, 0.1) is 11.6 Å². The highest BCUT2D eigenvalue weighted by atomic mass is 35.5. The number of rotatable bonds is 5. The van der Waals surface area contributed by atoms with Crippen molar-refractivity contribution < 1.29 is 13.5 Å².